The molecular weight excluding hydrogens is 424 g/mol. The average Bonchev–Trinajstić information content (AvgIpc) is 3.39. The topological polar surface area (TPSA) is 129 Å². The molecule has 3 aromatic heterocycles. The molecule has 2 aliphatic rings. The summed E-state index contributed by atoms with van der Waals surface area (Å²) in [5.41, 5.74) is 2.92. The number of aryl methyl sites for hydroxylation is 2. The van der Waals surface area contributed by atoms with E-state index in [4.69, 9.17) is 14.2 Å². The Labute approximate surface area is 191 Å². The van der Waals surface area contributed by atoms with Crippen molar-refractivity contribution in [3.05, 3.63) is 35.2 Å². The van der Waals surface area contributed by atoms with Gasteiger partial charge in [-0.15, -0.1) is 5.10 Å². The summed E-state index contributed by atoms with van der Waals surface area (Å²) in [6.45, 7) is 1.88. The van der Waals surface area contributed by atoms with Crippen LogP contribution in [0.25, 0.3) is 11.4 Å². The molecule has 0 saturated heterocycles. The summed E-state index contributed by atoms with van der Waals surface area (Å²) in [5, 5.41) is 21.9. The van der Waals surface area contributed by atoms with Crippen LogP contribution in [0.15, 0.2) is 16.7 Å². The van der Waals surface area contributed by atoms with Crippen molar-refractivity contribution in [2.75, 3.05) is 0 Å². The Balaban J connectivity index is 1.31. The normalized spacial score (nSPS) is 20.7. The third-order valence-electron chi connectivity index (χ3n) is 6.49. The van der Waals surface area contributed by atoms with Crippen molar-refractivity contribution in [2.24, 2.45) is 18.9 Å². The van der Waals surface area contributed by atoms with Gasteiger partial charge in [0.05, 0.1) is 35.5 Å². The first-order chi connectivity index (χ1) is 16.0. The second-order valence-electron chi connectivity index (χ2n) is 9.16. The van der Waals surface area contributed by atoms with Crippen LogP contribution in [0.4, 0.5) is 0 Å². The maximum absolute atomic E-state index is 11.3. The van der Waals surface area contributed by atoms with E-state index in [-0.39, 0.29) is 12.0 Å². The summed E-state index contributed by atoms with van der Waals surface area (Å²) in [5.74, 6) is 1.58. The van der Waals surface area contributed by atoms with E-state index in [1.165, 1.54) is 12.8 Å². The maximum Gasteiger partial charge on any atom is 0.306 e. The van der Waals surface area contributed by atoms with Crippen LogP contribution >= 0.6 is 0 Å². The lowest BCUT2D eigenvalue weighted by Gasteiger charge is -2.27. The quantitative estimate of drug-likeness (QED) is 0.548. The van der Waals surface area contributed by atoms with E-state index < -0.39 is 5.97 Å². The van der Waals surface area contributed by atoms with Crippen LogP contribution in [0, 0.1) is 18.8 Å². The number of carboxylic acid groups (broad SMARTS) is 1. The summed E-state index contributed by atoms with van der Waals surface area (Å²) >= 11 is 0. The standard InChI is InChI=1S/C23H28N6O4/c1-13-19(32-16-5-3-4-15(11-16)23(30)31)9-8-17(24-13)22-18(29(2)28-26-22)12-21-25-20(27-33-21)10-14-6-7-14/h8-9,14-16H,3-7,10-12H2,1-2H3,(H,30,31)/t15-,16-/m0/s1. The average molecular weight is 453 g/mol. The molecule has 1 N–H and O–H groups in total. The van der Waals surface area contributed by atoms with E-state index in [0.29, 0.717) is 48.2 Å². The first-order valence-corrected chi connectivity index (χ1v) is 11.5. The Kier molecular flexibility index (Phi) is 5.82. The maximum atomic E-state index is 11.3. The molecular formula is C23H28N6O4. The van der Waals surface area contributed by atoms with Gasteiger partial charge >= 0.3 is 5.97 Å². The lowest BCUT2D eigenvalue weighted by molar-refractivity contribution is -0.143. The van der Waals surface area contributed by atoms with Crippen molar-refractivity contribution in [3.63, 3.8) is 0 Å². The Morgan fingerprint density at radius 2 is 2.09 bits per heavy atom. The number of aliphatic carboxylic acids is 1. The number of carboxylic acids is 1. The molecule has 0 radical (unpaired) electrons. The predicted octanol–water partition coefficient (Wildman–Crippen LogP) is 3.13. The Morgan fingerprint density at radius 1 is 1.24 bits per heavy atom. The SMILES string of the molecule is Cc1nc(-c2nnn(C)c2Cc2nc(CC3CC3)no2)ccc1O[C@H]1CCC[C@H](C(=O)O)C1. The van der Waals surface area contributed by atoms with Gasteiger partial charge < -0.3 is 14.4 Å². The molecule has 10 nitrogen and oxygen atoms in total. The molecule has 2 atom stereocenters. The highest BCUT2D eigenvalue weighted by Crippen LogP contribution is 2.32. The second-order valence-corrected chi connectivity index (χ2v) is 9.16. The molecule has 2 saturated carbocycles. The van der Waals surface area contributed by atoms with Crippen molar-refractivity contribution in [1.82, 2.24) is 30.1 Å². The molecule has 174 valence electrons. The summed E-state index contributed by atoms with van der Waals surface area (Å²) in [6.07, 6.45) is 6.61. The number of carbonyl (C=O) groups is 1. The molecule has 33 heavy (non-hydrogen) atoms. The van der Waals surface area contributed by atoms with E-state index in [2.05, 4.69) is 20.5 Å². The van der Waals surface area contributed by atoms with Crippen LogP contribution < -0.4 is 4.74 Å². The summed E-state index contributed by atoms with van der Waals surface area (Å²) < 4.78 is 13.3. The fraction of sp³-hybridized carbons (Fsp3) is 0.565. The summed E-state index contributed by atoms with van der Waals surface area (Å²) in [6, 6.07) is 3.74. The van der Waals surface area contributed by atoms with Crippen molar-refractivity contribution < 1.29 is 19.2 Å². The number of nitrogens with zero attached hydrogens (tertiary/aromatic N) is 6. The van der Waals surface area contributed by atoms with Gasteiger partial charge in [-0.3, -0.25) is 9.48 Å². The largest absolute Gasteiger partial charge is 0.489 e. The molecule has 0 spiro atoms. The van der Waals surface area contributed by atoms with E-state index in [0.717, 1.165) is 36.5 Å². The van der Waals surface area contributed by atoms with E-state index in [1.54, 1.807) is 4.68 Å². The number of aromatic nitrogens is 6. The van der Waals surface area contributed by atoms with Crippen molar-refractivity contribution in [2.45, 2.75) is 64.4 Å². The highest BCUT2D eigenvalue weighted by Gasteiger charge is 2.29. The van der Waals surface area contributed by atoms with Gasteiger partial charge in [0.1, 0.15) is 11.4 Å². The molecule has 0 aliphatic heterocycles. The molecule has 2 fully saturated rings. The van der Waals surface area contributed by atoms with Gasteiger partial charge in [-0.25, -0.2) is 4.98 Å². The highest BCUT2D eigenvalue weighted by molar-refractivity contribution is 5.70. The van der Waals surface area contributed by atoms with Gasteiger partial charge in [0, 0.05) is 13.5 Å². The van der Waals surface area contributed by atoms with Crippen LogP contribution in [0.1, 0.15) is 61.6 Å². The Hall–Kier alpha value is -3.30. The van der Waals surface area contributed by atoms with Crippen LogP contribution in [-0.2, 0) is 24.7 Å². The van der Waals surface area contributed by atoms with Crippen molar-refractivity contribution >= 4 is 5.97 Å². The van der Waals surface area contributed by atoms with E-state index >= 15 is 0 Å². The molecule has 0 bridgehead atoms. The highest BCUT2D eigenvalue weighted by atomic mass is 16.5. The van der Waals surface area contributed by atoms with Crippen molar-refractivity contribution in [3.8, 4) is 17.1 Å². The lowest BCUT2D eigenvalue weighted by Crippen LogP contribution is -2.29. The molecule has 3 heterocycles. The van der Waals surface area contributed by atoms with Gasteiger partial charge in [-0.2, -0.15) is 4.98 Å². The number of pyridine rings is 1. The molecule has 0 unspecified atom stereocenters. The zero-order valence-corrected chi connectivity index (χ0v) is 18.9. The minimum atomic E-state index is -0.746. The van der Waals surface area contributed by atoms with Crippen LogP contribution in [-0.4, -0.2) is 47.3 Å². The van der Waals surface area contributed by atoms with Gasteiger partial charge in [-0.1, -0.05) is 10.4 Å². The Morgan fingerprint density at radius 3 is 2.85 bits per heavy atom. The zero-order valence-electron chi connectivity index (χ0n) is 18.9. The minimum absolute atomic E-state index is 0.111. The second kappa shape index (κ2) is 8.92. The molecule has 5 rings (SSSR count). The summed E-state index contributed by atoms with van der Waals surface area (Å²) in [7, 11) is 1.83. The number of ether oxygens (including phenoxy) is 1. The fourth-order valence-electron chi connectivity index (χ4n) is 4.40. The van der Waals surface area contributed by atoms with Gasteiger partial charge in [-0.05, 0) is 63.5 Å². The fourth-order valence-corrected chi connectivity index (χ4v) is 4.40. The lowest BCUT2D eigenvalue weighted by atomic mass is 9.87. The zero-order chi connectivity index (χ0) is 22.9. The predicted molar refractivity (Wildman–Crippen MR) is 117 cm³/mol. The third-order valence-corrected chi connectivity index (χ3v) is 6.49. The first kappa shape index (κ1) is 21.5. The molecule has 0 amide bonds. The molecule has 0 aromatic carbocycles. The van der Waals surface area contributed by atoms with Gasteiger partial charge in [0.15, 0.2) is 5.82 Å². The van der Waals surface area contributed by atoms with Crippen LogP contribution in [0.3, 0.4) is 0 Å². The van der Waals surface area contributed by atoms with Crippen LogP contribution in [0.5, 0.6) is 5.75 Å². The molecule has 3 aromatic rings. The monoisotopic (exact) mass is 452 g/mol. The van der Waals surface area contributed by atoms with Crippen molar-refractivity contribution in [1.29, 1.82) is 0 Å². The minimum Gasteiger partial charge on any atom is -0.489 e. The number of hydrogen-bond acceptors (Lipinski definition) is 8. The molecule has 10 heteroatoms. The number of hydrogen-bond donors (Lipinski definition) is 1. The van der Waals surface area contributed by atoms with E-state index in [9.17, 15) is 9.90 Å². The smallest absolute Gasteiger partial charge is 0.306 e. The van der Waals surface area contributed by atoms with Gasteiger partial charge in [0.25, 0.3) is 0 Å². The Bertz CT molecular complexity index is 1150. The first-order valence-electron chi connectivity index (χ1n) is 11.5. The molecule has 2 aliphatic carbocycles. The van der Waals surface area contributed by atoms with Gasteiger partial charge in [0.2, 0.25) is 5.89 Å². The van der Waals surface area contributed by atoms with E-state index in [1.807, 2.05) is 26.1 Å². The summed E-state index contributed by atoms with van der Waals surface area (Å²) in [4.78, 5) is 20.6. The third kappa shape index (κ3) is 4.89. The van der Waals surface area contributed by atoms with Crippen LogP contribution in [0.2, 0.25) is 0 Å². The number of rotatable bonds is 8.